The van der Waals surface area contributed by atoms with Gasteiger partial charge >= 0.3 is 6.03 Å². The molecule has 138 valence electrons. The lowest BCUT2D eigenvalue weighted by Crippen LogP contribution is -2.51. The Kier molecular flexibility index (Phi) is 5.84. The number of rotatable bonds is 5. The van der Waals surface area contributed by atoms with Crippen molar-refractivity contribution in [3.8, 4) is 11.5 Å². The van der Waals surface area contributed by atoms with E-state index in [1.807, 2.05) is 53.4 Å². The zero-order valence-electron chi connectivity index (χ0n) is 15.3. The second kappa shape index (κ2) is 8.47. The number of hydrogen-bond acceptors (Lipinski definition) is 4. The summed E-state index contributed by atoms with van der Waals surface area (Å²) in [6, 6.07) is 15.8. The molecule has 0 unspecified atom stereocenters. The summed E-state index contributed by atoms with van der Waals surface area (Å²) in [5, 5.41) is 2.99. The van der Waals surface area contributed by atoms with E-state index in [4.69, 9.17) is 9.47 Å². The van der Waals surface area contributed by atoms with Gasteiger partial charge in [0.25, 0.3) is 0 Å². The first-order valence-corrected chi connectivity index (χ1v) is 8.75. The van der Waals surface area contributed by atoms with E-state index in [2.05, 4.69) is 10.2 Å². The van der Waals surface area contributed by atoms with Crippen LogP contribution in [0, 0.1) is 0 Å². The molecule has 1 saturated heterocycles. The van der Waals surface area contributed by atoms with Crippen molar-refractivity contribution >= 4 is 11.7 Å². The van der Waals surface area contributed by atoms with E-state index in [9.17, 15) is 4.79 Å². The van der Waals surface area contributed by atoms with Crippen LogP contribution in [-0.2, 0) is 6.54 Å². The Morgan fingerprint density at radius 1 is 0.962 bits per heavy atom. The van der Waals surface area contributed by atoms with Crippen LogP contribution in [0.4, 0.5) is 10.5 Å². The van der Waals surface area contributed by atoms with Gasteiger partial charge in [0.1, 0.15) is 0 Å². The van der Waals surface area contributed by atoms with Crippen LogP contribution in [0.2, 0.25) is 0 Å². The Bertz CT molecular complexity index is 728. The molecule has 6 heteroatoms. The first kappa shape index (κ1) is 17.9. The predicted octanol–water partition coefficient (Wildman–Crippen LogP) is 2.74. The standard InChI is InChI=1S/C20H25N3O3/c1-25-18-9-8-17(14-19(18)26-2)22-10-12-23(13-11-22)20(24)21-15-16-6-4-3-5-7-16/h3-9,14H,10-13,15H2,1-2H3,(H,21,24). The van der Waals surface area contributed by atoms with Gasteiger partial charge in [-0.3, -0.25) is 0 Å². The molecule has 0 aromatic heterocycles. The van der Waals surface area contributed by atoms with Crippen molar-refractivity contribution in [3.63, 3.8) is 0 Å². The largest absolute Gasteiger partial charge is 0.493 e. The second-order valence-corrected chi connectivity index (χ2v) is 6.16. The normalized spacial score (nSPS) is 14.1. The Hall–Kier alpha value is -2.89. The fraction of sp³-hybridized carbons (Fsp3) is 0.350. The zero-order valence-corrected chi connectivity index (χ0v) is 15.3. The third-order valence-corrected chi connectivity index (χ3v) is 4.59. The van der Waals surface area contributed by atoms with E-state index in [0.717, 1.165) is 30.1 Å². The van der Waals surface area contributed by atoms with E-state index in [0.29, 0.717) is 25.4 Å². The molecule has 1 aliphatic rings. The Morgan fingerprint density at radius 3 is 2.31 bits per heavy atom. The summed E-state index contributed by atoms with van der Waals surface area (Å²) < 4.78 is 10.7. The molecule has 1 fully saturated rings. The number of anilines is 1. The van der Waals surface area contributed by atoms with Crippen molar-refractivity contribution in [3.05, 3.63) is 54.1 Å². The fourth-order valence-corrected chi connectivity index (χ4v) is 3.07. The third-order valence-electron chi connectivity index (χ3n) is 4.59. The Morgan fingerprint density at radius 2 is 1.65 bits per heavy atom. The molecule has 6 nitrogen and oxygen atoms in total. The topological polar surface area (TPSA) is 54.0 Å². The molecule has 2 aromatic rings. The van der Waals surface area contributed by atoms with E-state index in [1.54, 1.807) is 14.2 Å². The second-order valence-electron chi connectivity index (χ2n) is 6.16. The van der Waals surface area contributed by atoms with Gasteiger partial charge < -0.3 is 24.6 Å². The summed E-state index contributed by atoms with van der Waals surface area (Å²) in [5.41, 5.74) is 2.18. The quantitative estimate of drug-likeness (QED) is 0.896. The average Bonchev–Trinajstić information content (AvgIpc) is 2.72. The fourth-order valence-electron chi connectivity index (χ4n) is 3.07. The first-order chi connectivity index (χ1) is 12.7. The van der Waals surface area contributed by atoms with Crippen LogP contribution in [0.5, 0.6) is 11.5 Å². The van der Waals surface area contributed by atoms with Gasteiger partial charge in [0.05, 0.1) is 14.2 Å². The molecule has 1 N–H and O–H groups in total. The maximum absolute atomic E-state index is 12.4. The minimum absolute atomic E-state index is 0.0131. The van der Waals surface area contributed by atoms with Crippen molar-refractivity contribution in [2.75, 3.05) is 45.3 Å². The van der Waals surface area contributed by atoms with Gasteiger partial charge in [-0.25, -0.2) is 4.79 Å². The number of hydrogen-bond donors (Lipinski definition) is 1. The Labute approximate surface area is 154 Å². The van der Waals surface area contributed by atoms with Gasteiger partial charge in [0.15, 0.2) is 11.5 Å². The van der Waals surface area contributed by atoms with E-state index in [1.165, 1.54) is 0 Å². The molecule has 3 rings (SSSR count). The highest BCUT2D eigenvalue weighted by molar-refractivity contribution is 5.74. The molecule has 1 aliphatic heterocycles. The molecule has 0 bridgehead atoms. The molecular weight excluding hydrogens is 330 g/mol. The molecule has 2 amide bonds. The number of urea groups is 1. The number of carbonyl (C=O) groups excluding carboxylic acids is 1. The number of amides is 2. The van der Waals surface area contributed by atoms with Crippen LogP contribution in [0.3, 0.4) is 0 Å². The minimum atomic E-state index is -0.0131. The summed E-state index contributed by atoms with van der Waals surface area (Å²) in [6.07, 6.45) is 0. The van der Waals surface area contributed by atoms with Crippen LogP contribution < -0.4 is 19.7 Å². The monoisotopic (exact) mass is 355 g/mol. The summed E-state index contributed by atoms with van der Waals surface area (Å²) in [6.45, 7) is 3.50. The van der Waals surface area contributed by atoms with Crippen molar-refractivity contribution in [2.45, 2.75) is 6.54 Å². The summed E-state index contributed by atoms with van der Waals surface area (Å²) in [7, 11) is 3.26. The predicted molar refractivity (Wildman–Crippen MR) is 102 cm³/mol. The maximum atomic E-state index is 12.4. The third kappa shape index (κ3) is 4.20. The number of nitrogens with zero attached hydrogens (tertiary/aromatic N) is 2. The smallest absolute Gasteiger partial charge is 0.317 e. The van der Waals surface area contributed by atoms with Crippen molar-refractivity contribution < 1.29 is 14.3 Å². The summed E-state index contributed by atoms with van der Waals surface area (Å²) in [4.78, 5) is 16.5. The zero-order chi connectivity index (χ0) is 18.4. The average molecular weight is 355 g/mol. The summed E-state index contributed by atoms with van der Waals surface area (Å²) in [5.74, 6) is 1.43. The van der Waals surface area contributed by atoms with Gasteiger partial charge in [-0.2, -0.15) is 0 Å². The lowest BCUT2D eigenvalue weighted by Gasteiger charge is -2.36. The number of piperazine rings is 1. The molecule has 0 saturated carbocycles. The number of ether oxygens (including phenoxy) is 2. The van der Waals surface area contributed by atoms with Crippen LogP contribution in [-0.4, -0.2) is 51.3 Å². The first-order valence-electron chi connectivity index (χ1n) is 8.75. The number of benzene rings is 2. The number of carbonyl (C=O) groups is 1. The lowest BCUT2D eigenvalue weighted by atomic mass is 10.2. The highest BCUT2D eigenvalue weighted by atomic mass is 16.5. The molecule has 26 heavy (non-hydrogen) atoms. The van der Waals surface area contributed by atoms with E-state index < -0.39 is 0 Å². The molecule has 2 aromatic carbocycles. The Balaban J connectivity index is 1.53. The van der Waals surface area contributed by atoms with Crippen molar-refractivity contribution in [1.82, 2.24) is 10.2 Å². The van der Waals surface area contributed by atoms with Gasteiger partial charge in [0.2, 0.25) is 0 Å². The van der Waals surface area contributed by atoms with Crippen LogP contribution in [0.25, 0.3) is 0 Å². The van der Waals surface area contributed by atoms with Gasteiger partial charge in [-0.1, -0.05) is 30.3 Å². The highest BCUT2D eigenvalue weighted by Crippen LogP contribution is 2.31. The SMILES string of the molecule is COc1ccc(N2CCN(C(=O)NCc3ccccc3)CC2)cc1OC. The van der Waals surface area contributed by atoms with Crippen LogP contribution in [0.1, 0.15) is 5.56 Å². The molecule has 0 spiro atoms. The molecule has 0 aliphatic carbocycles. The van der Waals surface area contributed by atoms with Crippen LogP contribution in [0.15, 0.2) is 48.5 Å². The number of methoxy groups -OCH3 is 2. The van der Waals surface area contributed by atoms with Gasteiger partial charge in [-0.05, 0) is 17.7 Å². The van der Waals surface area contributed by atoms with Crippen LogP contribution >= 0.6 is 0 Å². The van der Waals surface area contributed by atoms with Gasteiger partial charge in [0, 0.05) is 44.5 Å². The van der Waals surface area contributed by atoms with Crippen molar-refractivity contribution in [2.24, 2.45) is 0 Å². The van der Waals surface area contributed by atoms with E-state index in [-0.39, 0.29) is 6.03 Å². The molecule has 0 radical (unpaired) electrons. The number of nitrogens with one attached hydrogen (secondary N) is 1. The van der Waals surface area contributed by atoms with Gasteiger partial charge in [-0.15, -0.1) is 0 Å². The summed E-state index contributed by atoms with van der Waals surface area (Å²) >= 11 is 0. The van der Waals surface area contributed by atoms with E-state index >= 15 is 0 Å². The minimum Gasteiger partial charge on any atom is -0.493 e. The molecule has 1 heterocycles. The molecular formula is C20H25N3O3. The highest BCUT2D eigenvalue weighted by Gasteiger charge is 2.21. The van der Waals surface area contributed by atoms with Crippen molar-refractivity contribution in [1.29, 1.82) is 0 Å². The maximum Gasteiger partial charge on any atom is 0.317 e. The molecule has 0 atom stereocenters. The lowest BCUT2D eigenvalue weighted by molar-refractivity contribution is 0.194.